The second-order valence-electron chi connectivity index (χ2n) is 6.83. The standard InChI is InChI=1S/C17H21N3O5/c1-19(9-11-4-6-18-25-11)15(21)13-12-3-5-17(24-12)10-20(7-8-23-2)16(22)14(13)17/h3-6,12-14H,7-10H2,1-2H3/t12-,13-,14+,17-/m0/s1. The minimum absolute atomic E-state index is 0.0321. The summed E-state index contributed by atoms with van der Waals surface area (Å²) in [6.45, 7) is 1.76. The molecule has 2 saturated heterocycles. The van der Waals surface area contributed by atoms with Crippen LogP contribution in [0, 0.1) is 11.8 Å². The highest BCUT2D eigenvalue weighted by Gasteiger charge is 2.66. The molecule has 2 bridgehead atoms. The third-order valence-corrected chi connectivity index (χ3v) is 5.29. The summed E-state index contributed by atoms with van der Waals surface area (Å²) in [5.41, 5.74) is -0.678. The van der Waals surface area contributed by atoms with Crippen LogP contribution in [0.3, 0.4) is 0 Å². The monoisotopic (exact) mass is 347 g/mol. The van der Waals surface area contributed by atoms with E-state index in [0.717, 1.165) is 0 Å². The van der Waals surface area contributed by atoms with E-state index in [4.69, 9.17) is 14.0 Å². The molecule has 0 aliphatic carbocycles. The maximum atomic E-state index is 13.0. The minimum atomic E-state index is -0.678. The molecule has 0 radical (unpaired) electrons. The Labute approximate surface area is 145 Å². The van der Waals surface area contributed by atoms with Gasteiger partial charge in [0.25, 0.3) is 0 Å². The molecule has 1 aromatic heterocycles. The van der Waals surface area contributed by atoms with Gasteiger partial charge >= 0.3 is 0 Å². The van der Waals surface area contributed by atoms with Gasteiger partial charge < -0.3 is 23.8 Å². The number of aromatic nitrogens is 1. The summed E-state index contributed by atoms with van der Waals surface area (Å²) in [6.07, 6.45) is 5.06. The number of carbonyl (C=O) groups is 2. The SMILES string of the molecule is COCCN1C[C@]23C=C[C@H](O2)[C@H](C(=O)N(C)Cc2ccno2)[C@@H]3C1=O. The molecular weight excluding hydrogens is 326 g/mol. The Hall–Kier alpha value is -2.19. The van der Waals surface area contributed by atoms with E-state index in [0.29, 0.717) is 32.0 Å². The maximum absolute atomic E-state index is 13.0. The molecule has 2 amide bonds. The predicted octanol–water partition coefficient (Wildman–Crippen LogP) is 0.0614. The van der Waals surface area contributed by atoms with Gasteiger partial charge in [-0.2, -0.15) is 0 Å². The van der Waals surface area contributed by atoms with Crippen molar-refractivity contribution in [2.24, 2.45) is 11.8 Å². The molecule has 3 aliphatic heterocycles. The lowest BCUT2D eigenvalue weighted by molar-refractivity contribution is -0.143. The Kier molecular flexibility index (Phi) is 3.88. The van der Waals surface area contributed by atoms with Crippen LogP contribution in [-0.2, 0) is 25.6 Å². The van der Waals surface area contributed by atoms with Crippen molar-refractivity contribution in [1.82, 2.24) is 15.0 Å². The molecule has 8 nitrogen and oxygen atoms in total. The highest BCUT2D eigenvalue weighted by molar-refractivity contribution is 5.92. The lowest BCUT2D eigenvalue weighted by Gasteiger charge is -2.27. The number of methoxy groups -OCH3 is 1. The van der Waals surface area contributed by atoms with Crippen LogP contribution in [0.1, 0.15) is 5.76 Å². The fourth-order valence-corrected chi connectivity index (χ4v) is 4.14. The topological polar surface area (TPSA) is 85.1 Å². The lowest BCUT2D eigenvalue weighted by Crippen LogP contribution is -2.44. The summed E-state index contributed by atoms with van der Waals surface area (Å²) < 4.78 is 16.2. The molecule has 1 spiro atoms. The Morgan fingerprint density at radius 3 is 3.12 bits per heavy atom. The molecule has 0 saturated carbocycles. The molecule has 0 N–H and O–H groups in total. The second kappa shape index (κ2) is 5.96. The number of rotatable bonds is 6. The smallest absolute Gasteiger partial charge is 0.230 e. The molecular formula is C17H21N3O5. The molecule has 2 fully saturated rings. The Balaban J connectivity index is 1.53. The van der Waals surface area contributed by atoms with E-state index in [1.54, 1.807) is 36.2 Å². The van der Waals surface area contributed by atoms with Crippen molar-refractivity contribution in [2.75, 3.05) is 33.9 Å². The highest BCUT2D eigenvalue weighted by Crippen LogP contribution is 2.52. The van der Waals surface area contributed by atoms with Crippen molar-refractivity contribution >= 4 is 11.8 Å². The van der Waals surface area contributed by atoms with E-state index < -0.39 is 17.4 Å². The van der Waals surface area contributed by atoms with Crippen molar-refractivity contribution < 1.29 is 23.6 Å². The number of hydrogen-bond acceptors (Lipinski definition) is 6. The first kappa shape index (κ1) is 16.3. The largest absolute Gasteiger partial charge is 0.383 e. The summed E-state index contributed by atoms with van der Waals surface area (Å²) >= 11 is 0. The van der Waals surface area contributed by atoms with Crippen LogP contribution in [0.2, 0.25) is 0 Å². The lowest BCUT2D eigenvalue weighted by atomic mass is 9.76. The first-order valence-corrected chi connectivity index (χ1v) is 8.35. The van der Waals surface area contributed by atoms with E-state index in [1.807, 2.05) is 12.2 Å². The van der Waals surface area contributed by atoms with Gasteiger partial charge in [0.15, 0.2) is 5.76 Å². The summed E-state index contributed by atoms with van der Waals surface area (Å²) in [5.74, 6) is -0.512. The van der Waals surface area contributed by atoms with Crippen molar-refractivity contribution in [3.63, 3.8) is 0 Å². The average molecular weight is 347 g/mol. The highest BCUT2D eigenvalue weighted by atomic mass is 16.5. The van der Waals surface area contributed by atoms with Gasteiger partial charge in [0.05, 0.1) is 43.8 Å². The zero-order chi connectivity index (χ0) is 17.6. The summed E-state index contributed by atoms with van der Waals surface area (Å²) in [7, 11) is 3.31. The molecule has 4 heterocycles. The fraction of sp³-hybridized carbons (Fsp3) is 0.588. The number of likely N-dealkylation sites (tertiary alicyclic amines) is 1. The zero-order valence-electron chi connectivity index (χ0n) is 14.3. The molecule has 0 unspecified atom stereocenters. The van der Waals surface area contributed by atoms with E-state index in [1.165, 1.54) is 0 Å². The van der Waals surface area contributed by atoms with Gasteiger partial charge in [-0.05, 0) is 0 Å². The molecule has 1 aromatic rings. The number of nitrogens with zero attached hydrogens (tertiary/aromatic N) is 3. The summed E-state index contributed by atoms with van der Waals surface area (Å²) in [6, 6.07) is 1.72. The summed E-state index contributed by atoms with van der Waals surface area (Å²) in [4.78, 5) is 29.2. The fourth-order valence-electron chi connectivity index (χ4n) is 4.14. The van der Waals surface area contributed by atoms with E-state index >= 15 is 0 Å². The van der Waals surface area contributed by atoms with E-state index in [-0.39, 0.29) is 17.9 Å². The van der Waals surface area contributed by atoms with E-state index in [9.17, 15) is 9.59 Å². The van der Waals surface area contributed by atoms with Crippen molar-refractivity contribution in [3.8, 4) is 0 Å². The van der Waals surface area contributed by atoms with Crippen LogP contribution < -0.4 is 0 Å². The molecule has 134 valence electrons. The Bertz CT molecular complexity index is 703. The number of carbonyl (C=O) groups excluding carboxylic acids is 2. The van der Waals surface area contributed by atoms with Crippen molar-refractivity contribution in [2.45, 2.75) is 18.2 Å². The van der Waals surface area contributed by atoms with Gasteiger partial charge in [-0.15, -0.1) is 0 Å². The molecule has 0 aromatic carbocycles. The van der Waals surface area contributed by atoms with Crippen LogP contribution >= 0.6 is 0 Å². The minimum Gasteiger partial charge on any atom is -0.383 e. The third-order valence-electron chi connectivity index (χ3n) is 5.29. The Morgan fingerprint density at radius 1 is 1.56 bits per heavy atom. The normalized spacial score (nSPS) is 32.5. The van der Waals surface area contributed by atoms with Gasteiger partial charge in [0.2, 0.25) is 11.8 Å². The number of hydrogen-bond donors (Lipinski definition) is 0. The molecule has 8 heteroatoms. The maximum Gasteiger partial charge on any atom is 0.230 e. The van der Waals surface area contributed by atoms with Crippen LogP contribution in [-0.4, -0.2) is 72.3 Å². The summed E-state index contributed by atoms with van der Waals surface area (Å²) in [5, 5.41) is 3.65. The second-order valence-corrected chi connectivity index (χ2v) is 6.83. The average Bonchev–Trinajstić information content (AvgIpc) is 3.35. The zero-order valence-corrected chi connectivity index (χ0v) is 14.3. The third kappa shape index (κ3) is 2.47. The van der Waals surface area contributed by atoms with Gasteiger partial charge in [0, 0.05) is 26.8 Å². The van der Waals surface area contributed by atoms with Gasteiger partial charge in [0.1, 0.15) is 5.60 Å². The number of amides is 2. The van der Waals surface area contributed by atoms with Crippen molar-refractivity contribution in [3.05, 3.63) is 30.2 Å². The van der Waals surface area contributed by atoms with Gasteiger partial charge in [-0.1, -0.05) is 17.3 Å². The van der Waals surface area contributed by atoms with Crippen LogP contribution in [0.25, 0.3) is 0 Å². The van der Waals surface area contributed by atoms with Crippen LogP contribution in [0.15, 0.2) is 28.9 Å². The predicted molar refractivity (Wildman–Crippen MR) is 85.2 cm³/mol. The Morgan fingerprint density at radius 2 is 2.40 bits per heavy atom. The van der Waals surface area contributed by atoms with Crippen LogP contribution in [0.5, 0.6) is 0 Å². The van der Waals surface area contributed by atoms with Crippen molar-refractivity contribution in [1.29, 1.82) is 0 Å². The first-order chi connectivity index (χ1) is 12.1. The molecule has 4 atom stereocenters. The van der Waals surface area contributed by atoms with E-state index in [2.05, 4.69) is 5.16 Å². The quantitative estimate of drug-likeness (QED) is 0.677. The van der Waals surface area contributed by atoms with Gasteiger partial charge in [-0.3, -0.25) is 9.59 Å². The first-order valence-electron chi connectivity index (χ1n) is 8.35. The number of ether oxygens (including phenoxy) is 2. The number of fused-ring (bicyclic) bond motifs is 1. The van der Waals surface area contributed by atoms with Gasteiger partial charge in [-0.25, -0.2) is 0 Å². The van der Waals surface area contributed by atoms with Crippen LogP contribution in [0.4, 0.5) is 0 Å². The molecule has 4 rings (SSSR count). The molecule has 3 aliphatic rings. The molecule has 25 heavy (non-hydrogen) atoms.